The number of halogens is 1. The molecule has 32 heavy (non-hydrogen) atoms. The zero-order valence-electron chi connectivity index (χ0n) is 18.2. The number of carbonyl (C=O) groups excluding carboxylic acids is 1. The van der Waals surface area contributed by atoms with Gasteiger partial charge in [0.2, 0.25) is 5.13 Å². The first-order chi connectivity index (χ1) is 15.0. The fourth-order valence-corrected chi connectivity index (χ4v) is 4.32. The van der Waals surface area contributed by atoms with Crippen LogP contribution < -0.4 is 15.8 Å². The Balaban J connectivity index is 0.00000289. The van der Waals surface area contributed by atoms with Crippen LogP contribution in [0.25, 0.3) is 0 Å². The van der Waals surface area contributed by atoms with Crippen LogP contribution in [0.1, 0.15) is 58.3 Å². The summed E-state index contributed by atoms with van der Waals surface area (Å²) in [4.78, 5) is 12.5. The van der Waals surface area contributed by atoms with E-state index in [2.05, 4.69) is 31.9 Å². The SMILES string of the molecule is Cc1ccc(C)c(OCCc2nnc(NC(=O)c3cn(C4CCC(N)CC4)nn3)s2)c1.Cl. The van der Waals surface area contributed by atoms with Crippen LogP contribution in [0.2, 0.25) is 0 Å². The second kappa shape index (κ2) is 10.8. The molecule has 1 aromatic carbocycles. The molecule has 172 valence electrons. The van der Waals surface area contributed by atoms with Gasteiger partial charge in [-0.2, -0.15) is 0 Å². The van der Waals surface area contributed by atoms with Crippen molar-refractivity contribution < 1.29 is 9.53 Å². The van der Waals surface area contributed by atoms with Gasteiger partial charge >= 0.3 is 0 Å². The largest absolute Gasteiger partial charge is 0.493 e. The summed E-state index contributed by atoms with van der Waals surface area (Å²) in [6.07, 6.45) is 6.14. The standard InChI is InChI=1S/C21H27N7O2S.ClH/c1-13-3-4-14(2)18(11-13)30-10-9-19-25-26-21(31-19)23-20(29)17-12-28(27-24-17)16-7-5-15(22)6-8-16;/h3-4,11-12,15-16H,5-10,22H2,1-2H3,(H,23,26,29);1H. The van der Waals surface area contributed by atoms with Crippen LogP contribution in [-0.4, -0.2) is 43.7 Å². The second-order valence-electron chi connectivity index (χ2n) is 7.97. The zero-order chi connectivity index (χ0) is 21.8. The lowest BCUT2D eigenvalue weighted by Crippen LogP contribution is -2.28. The first kappa shape index (κ1) is 24.1. The van der Waals surface area contributed by atoms with E-state index in [0.29, 0.717) is 18.2 Å². The molecule has 3 aromatic rings. The number of carbonyl (C=O) groups is 1. The fourth-order valence-electron chi connectivity index (χ4n) is 3.60. The minimum atomic E-state index is -0.340. The third-order valence-corrected chi connectivity index (χ3v) is 6.36. The molecule has 2 aromatic heterocycles. The maximum Gasteiger partial charge on any atom is 0.279 e. The highest BCUT2D eigenvalue weighted by molar-refractivity contribution is 7.15. The van der Waals surface area contributed by atoms with E-state index in [1.807, 2.05) is 26.0 Å². The van der Waals surface area contributed by atoms with E-state index in [4.69, 9.17) is 10.5 Å². The molecule has 1 fully saturated rings. The van der Waals surface area contributed by atoms with Crippen molar-refractivity contribution in [1.29, 1.82) is 0 Å². The van der Waals surface area contributed by atoms with Crippen LogP contribution in [0.3, 0.4) is 0 Å². The van der Waals surface area contributed by atoms with Crippen molar-refractivity contribution in [2.24, 2.45) is 5.73 Å². The number of aromatic nitrogens is 5. The summed E-state index contributed by atoms with van der Waals surface area (Å²) >= 11 is 1.33. The summed E-state index contributed by atoms with van der Waals surface area (Å²) in [5.74, 6) is 0.536. The fraction of sp³-hybridized carbons (Fsp3) is 0.476. The molecule has 1 aliphatic rings. The Bertz CT molecular complexity index is 1050. The summed E-state index contributed by atoms with van der Waals surface area (Å²) in [6.45, 7) is 4.55. The number of amides is 1. The molecular weight excluding hydrogens is 450 g/mol. The van der Waals surface area contributed by atoms with E-state index in [-0.39, 0.29) is 36.1 Å². The van der Waals surface area contributed by atoms with Crippen LogP contribution in [-0.2, 0) is 6.42 Å². The third kappa shape index (κ3) is 6.02. The Morgan fingerprint density at radius 3 is 2.78 bits per heavy atom. The van der Waals surface area contributed by atoms with Crippen molar-refractivity contribution >= 4 is 34.8 Å². The Morgan fingerprint density at radius 2 is 2.00 bits per heavy atom. The lowest BCUT2D eigenvalue weighted by atomic mass is 9.92. The van der Waals surface area contributed by atoms with E-state index >= 15 is 0 Å². The van der Waals surface area contributed by atoms with Crippen LogP contribution in [0.4, 0.5) is 5.13 Å². The quantitative estimate of drug-likeness (QED) is 0.534. The molecule has 0 atom stereocenters. The van der Waals surface area contributed by atoms with E-state index < -0.39 is 0 Å². The van der Waals surface area contributed by atoms with Gasteiger partial charge in [-0.05, 0) is 56.7 Å². The summed E-state index contributed by atoms with van der Waals surface area (Å²) in [6, 6.07) is 6.64. The molecule has 4 rings (SSSR count). The van der Waals surface area contributed by atoms with E-state index in [1.54, 1.807) is 10.9 Å². The van der Waals surface area contributed by atoms with E-state index in [1.165, 1.54) is 11.3 Å². The molecule has 2 heterocycles. The highest BCUT2D eigenvalue weighted by Crippen LogP contribution is 2.27. The highest BCUT2D eigenvalue weighted by Gasteiger charge is 2.22. The number of aryl methyl sites for hydroxylation is 2. The van der Waals surface area contributed by atoms with Crippen LogP contribution >= 0.6 is 23.7 Å². The molecule has 0 bridgehead atoms. The zero-order valence-corrected chi connectivity index (χ0v) is 19.8. The predicted molar refractivity (Wildman–Crippen MR) is 126 cm³/mol. The van der Waals surface area contributed by atoms with Gasteiger partial charge in [0.1, 0.15) is 10.8 Å². The molecule has 0 radical (unpaired) electrons. The van der Waals surface area contributed by atoms with Gasteiger partial charge in [-0.15, -0.1) is 27.7 Å². The van der Waals surface area contributed by atoms with Crippen molar-refractivity contribution in [3.63, 3.8) is 0 Å². The van der Waals surface area contributed by atoms with Gasteiger partial charge in [0.05, 0.1) is 18.8 Å². The monoisotopic (exact) mass is 477 g/mol. The number of benzene rings is 1. The molecule has 1 aliphatic carbocycles. The van der Waals surface area contributed by atoms with Gasteiger partial charge in [-0.25, -0.2) is 4.68 Å². The molecule has 11 heteroatoms. The molecule has 1 amide bonds. The van der Waals surface area contributed by atoms with Crippen molar-refractivity contribution in [2.75, 3.05) is 11.9 Å². The normalized spacial score (nSPS) is 18.1. The molecule has 9 nitrogen and oxygen atoms in total. The molecule has 0 spiro atoms. The number of hydrogen-bond acceptors (Lipinski definition) is 8. The topological polar surface area (TPSA) is 121 Å². The lowest BCUT2D eigenvalue weighted by Gasteiger charge is -2.25. The summed E-state index contributed by atoms with van der Waals surface area (Å²) < 4.78 is 7.65. The molecular formula is C21H28ClN7O2S. The third-order valence-electron chi connectivity index (χ3n) is 5.46. The molecule has 0 saturated heterocycles. The minimum Gasteiger partial charge on any atom is -0.493 e. The van der Waals surface area contributed by atoms with Crippen molar-refractivity contribution in [1.82, 2.24) is 25.2 Å². The minimum absolute atomic E-state index is 0. The summed E-state index contributed by atoms with van der Waals surface area (Å²) in [5.41, 5.74) is 8.48. The number of anilines is 1. The number of ether oxygens (including phenoxy) is 1. The number of nitrogens with two attached hydrogens (primary N) is 1. The molecule has 0 unspecified atom stereocenters. The number of hydrogen-bond donors (Lipinski definition) is 2. The van der Waals surface area contributed by atoms with Gasteiger partial charge in [0, 0.05) is 12.5 Å². The lowest BCUT2D eigenvalue weighted by molar-refractivity contribution is 0.102. The predicted octanol–water partition coefficient (Wildman–Crippen LogP) is 3.48. The average Bonchev–Trinajstić information content (AvgIpc) is 3.41. The number of rotatable bonds is 7. The molecule has 1 saturated carbocycles. The van der Waals surface area contributed by atoms with Gasteiger partial charge < -0.3 is 10.5 Å². The van der Waals surface area contributed by atoms with Gasteiger partial charge in [0.25, 0.3) is 5.91 Å². The first-order valence-corrected chi connectivity index (χ1v) is 11.3. The highest BCUT2D eigenvalue weighted by atomic mass is 35.5. The Labute approximate surface area is 197 Å². The van der Waals surface area contributed by atoms with Crippen molar-refractivity contribution in [3.05, 3.63) is 46.2 Å². The van der Waals surface area contributed by atoms with Crippen LogP contribution in [0.5, 0.6) is 5.75 Å². The van der Waals surface area contributed by atoms with E-state index in [0.717, 1.165) is 47.6 Å². The van der Waals surface area contributed by atoms with Crippen molar-refractivity contribution in [3.8, 4) is 5.75 Å². The van der Waals surface area contributed by atoms with Crippen LogP contribution in [0, 0.1) is 13.8 Å². The van der Waals surface area contributed by atoms with Gasteiger partial charge in [-0.3, -0.25) is 10.1 Å². The maximum absolute atomic E-state index is 12.5. The first-order valence-electron chi connectivity index (χ1n) is 10.5. The second-order valence-corrected chi connectivity index (χ2v) is 9.04. The average molecular weight is 478 g/mol. The smallest absolute Gasteiger partial charge is 0.279 e. The van der Waals surface area contributed by atoms with Crippen molar-refractivity contribution in [2.45, 2.75) is 58.0 Å². The number of nitrogens with one attached hydrogen (secondary N) is 1. The van der Waals surface area contributed by atoms with Crippen LogP contribution in [0.15, 0.2) is 24.4 Å². The Hall–Kier alpha value is -2.56. The van der Waals surface area contributed by atoms with Gasteiger partial charge in [0.15, 0.2) is 5.69 Å². The molecule has 3 N–H and O–H groups in total. The van der Waals surface area contributed by atoms with Gasteiger partial charge in [-0.1, -0.05) is 28.7 Å². The maximum atomic E-state index is 12.5. The summed E-state index contributed by atoms with van der Waals surface area (Å²) in [7, 11) is 0. The van der Waals surface area contributed by atoms with E-state index in [9.17, 15) is 4.79 Å². The summed E-state index contributed by atoms with van der Waals surface area (Å²) in [5, 5.41) is 20.3. The Kier molecular flexibility index (Phi) is 8.16. The number of nitrogens with zero attached hydrogens (tertiary/aromatic N) is 5. The molecule has 0 aliphatic heterocycles. The Morgan fingerprint density at radius 1 is 1.22 bits per heavy atom.